The molecule has 0 fully saturated rings. The highest BCUT2D eigenvalue weighted by molar-refractivity contribution is 7.09. The highest BCUT2D eigenvalue weighted by atomic mass is 32.1. The molecule has 0 aliphatic carbocycles. The van der Waals surface area contributed by atoms with E-state index in [-0.39, 0.29) is 11.9 Å². The third-order valence-electron chi connectivity index (χ3n) is 2.67. The van der Waals surface area contributed by atoms with E-state index < -0.39 is 0 Å². The smallest absolute Gasteiger partial charge is 0.271 e. The van der Waals surface area contributed by atoms with Crippen LogP contribution < -0.4 is 11.1 Å². The zero-order valence-corrected chi connectivity index (χ0v) is 11.5. The van der Waals surface area contributed by atoms with Crippen molar-refractivity contribution in [3.8, 4) is 0 Å². The van der Waals surface area contributed by atoms with Crippen LogP contribution >= 0.6 is 11.3 Å². The maximum absolute atomic E-state index is 12.0. The summed E-state index contributed by atoms with van der Waals surface area (Å²) in [5.74, 6) is -0.170. The average molecular weight is 276 g/mol. The van der Waals surface area contributed by atoms with Crippen molar-refractivity contribution in [2.24, 2.45) is 5.73 Å². The van der Waals surface area contributed by atoms with E-state index in [9.17, 15) is 4.79 Å². The number of nitrogens with two attached hydrogens (primary N) is 1. The highest BCUT2D eigenvalue weighted by Gasteiger charge is 2.14. The Kier molecular flexibility index (Phi) is 4.59. The van der Waals surface area contributed by atoms with Crippen LogP contribution in [0.2, 0.25) is 0 Å². The van der Waals surface area contributed by atoms with E-state index in [0.717, 1.165) is 10.6 Å². The molecule has 0 spiro atoms. The van der Waals surface area contributed by atoms with E-state index in [4.69, 9.17) is 5.73 Å². The summed E-state index contributed by atoms with van der Waals surface area (Å²) in [7, 11) is 0. The molecule has 1 atom stereocenters. The van der Waals surface area contributed by atoms with Crippen LogP contribution in [0.4, 0.5) is 0 Å². The largest absolute Gasteiger partial charge is 0.344 e. The quantitative estimate of drug-likeness (QED) is 0.867. The fourth-order valence-electron chi connectivity index (χ4n) is 1.64. The van der Waals surface area contributed by atoms with Crippen LogP contribution in [0.15, 0.2) is 29.9 Å². The summed E-state index contributed by atoms with van der Waals surface area (Å²) in [4.78, 5) is 20.3. The second-order valence-corrected chi connectivity index (χ2v) is 5.09. The summed E-state index contributed by atoms with van der Waals surface area (Å²) in [5, 5.41) is 5.55. The minimum Gasteiger partial charge on any atom is -0.344 e. The molecule has 2 aromatic rings. The second kappa shape index (κ2) is 6.40. The fourth-order valence-corrected chi connectivity index (χ4v) is 2.43. The van der Waals surface area contributed by atoms with Gasteiger partial charge in [-0.25, -0.2) is 4.98 Å². The summed E-state index contributed by atoms with van der Waals surface area (Å²) in [6, 6.07) is 3.68. The van der Waals surface area contributed by atoms with Crippen molar-refractivity contribution in [1.82, 2.24) is 15.3 Å². The molecule has 0 saturated carbocycles. The lowest BCUT2D eigenvalue weighted by Gasteiger charge is -2.12. The molecule has 2 aromatic heterocycles. The number of amides is 1. The molecular weight excluding hydrogens is 260 g/mol. The Bertz CT molecular complexity index is 541. The van der Waals surface area contributed by atoms with Crippen LogP contribution in [0.25, 0.3) is 0 Å². The van der Waals surface area contributed by atoms with Crippen molar-refractivity contribution in [1.29, 1.82) is 0 Å². The predicted molar refractivity (Wildman–Crippen MR) is 75.0 cm³/mol. The van der Waals surface area contributed by atoms with E-state index in [1.807, 2.05) is 19.1 Å². The lowest BCUT2D eigenvalue weighted by atomic mass is 10.1. The van der Waals surface area contributed by atoms with Crippen LogP contribution in [0.1, 0.15) is 34.0 Å². The minimum atomic E-state index is -0.170. The lowest BCUT2D eigenvalue weighted by molar-refractivity contribution is 0.0935. The normalized spacial score (nSPS) is 12.1. The van der Waals surface area contributed by atoms with Crippen molar-refractivity contribution in [3.63, 3.8) is 0 Å². The molecule has 0 bridgehead atoms. The van der Waals surface area contributed by atoms with Gasteiger partial charge in [0.05, 0.1) is 11.0 Å². The SMILES string of the molecule is C[C@@H](NC(=O)c1csc(CCN)n1)c1cccnc1. The molecule has 0 aliphatic heterocycles. The van der Waals surface area contributed by atoms with Gasteiger partial charge in [-0.05, 0) is 25.1 Å². The number of thiazole rings is 1. The van der Waals surface area contributed by atoms with Gasteiger partial charge in [-0.3, -0.25) is 9.78 Å². The molecular formula is C13H16N4OS. The van der Waals surface area contributed by atoms with E-state index in [0.29, 0.717) is 18.7 Å². The van der Waals surface area contributed by atoms with E-state index in [1.54, 1.807) is 17.8 Å². The van der Waals surface area contributed by atoms with Gasteiger partial charge in [0.25, 0.3) is 5.91 Å². The Morgan fingerprint density at radius 3 is 3.11 bits per heavy atom. The summed E-state index contributed by atoms with van der Waals surface area (Å²) in [6.07, 6.45) is 4.15. The Morgan fingerprint density at radius 2 is 2.42 bits per heavy atom. The molecule has 0 saturated heterocycles. The van der Waals surface area contributed by atoms with Gasteiger partial charge in [0, 0.05) is 24.2 Å². The molecule has 0 aliphatic rings. The maximum atomic E-state index is 12.0. The van der Waals surface area contributed by atoms with Crippen LogP contribution in [0.3, 0.4) is 0 Å². The van der Waals surface area contributed by atoms with Crippen molar-refractivity contribution in [2.45, 2.75) is 19.4 Å². The average Bonchev–Trinajstić information content (AvgIpc) is 2.89. The second-order valence-electron chi connectivity index (χ2n) is 4.15. The van der Waals surface area contributed by atoms with Crippen molar-refractivity contribution in [2.75, 3.05) is 6.54 Å². The monoisotopic (exact) mass is 276 g/mol. The molecule has 1 amide bonds. The third-order valence-corrected chi connectivity index (χ3v) is 3.58. The van der Waals surface area contributed by atoms with Gasteiger partial charge in [0.15, 0.2) is 0 Å². The number of pyridine rings is 1. The van der Waals surface area contributed by atoms with E-state index >= 15 is 0 Å². The minimum absolute atomic E-state index is 0.0964. The predicted octanol–water partition coefficient (Wildman–Crippen LogP) is 1.53. The number of nitrogens with zero attached hydrogens (tertiary/aromatic N) is 2. The zero-order chi connectivity index (χ0) is 13.7. The number of hydrogen-bond donors (Lipinski definition) is 2. The number of carbonyl (C=O) groups is 1. The topological polar surface area (TPSA) is 80.9 Å². The summed E-state index contributed by atoms with van der Waals surface area (Å²) in [6.45, 7) is 2.46. The summed E-state index contributed by atoms with van der Waals surface area (Å²) < 4.78 is 0. The molecule has 100 valence electrons. The van der Waals surface area contributed by atoms with Crippen molar-refractivity contribution in [3.05, 3.63) is 46.2 Å². The van der Waals surface area contributed by atoms with Crippen molar-refractivity contribution >= 4 is 17.2 Å². The highest BCUT2D eigenvalue weighted by Crippen LogP contribution is 2.13. The molecule has 6 heteroatoms. The van der Waals surface area contributed by atoms with Gasteiger partial charge < -0.3 is 11.1 Å². The molecule has 2 heterocycles. The first-order chi connectivity index (χ1) is 9.20. The van der Waals surface area contributed by atoms with E-state index in [2.05, 4.69) is 15.3 Å². The van der Waals surface area contributed by atoms with Crippen LogP contribution in [-0.4, -0.2) is 22.4 Å². The van der Waals surface area contributed by atoms with E-state index in [1.165, 1.54) is 11.3 Å². The molecule has 3 N–H and O–H groups in total. The third kappa shape index (κ3) is 3.59. The number of carbonyl (C=O) groups excluding carboxylic acids is 1. The molecule has 0 unspecified atom stereocenters. The fraction of sp³-hybridized carbons (Fsp3) is 0.308. The Labute approximate surface area is 115 Å². The van der Waals surface area contributed by atoms with Gasteiger partial charge >= 0.3 is 0 Å². The van der Waals surface area contributed by atoms with Gasteiger partial charge in [-0.1, -0.05) is 6.07 Å². The van der Waals surface area contributed by atoms with Gasteiger partial charge in [0.1, 0.15) is 5.69 Å². The molecule has 0 radical (unpaired) electrons. The number of nitrogens with one attached hydrogen (secondary N) is 1. The first-order valence-corrected chi connectivity index (χ1v) is 6.94. The summed E-state index contributed by atoms with van der Waals surface area (Å²) in [5.41, 5.74) is 6.88. The Morgan fingerprint density at radius 1 is 1.58 bits per heavy atom. The van der Waals surface area contributed by atoms with Gasteiger partial charge in [0.2, 0.25) is 0 Å². The summed E-state index contributed by atoms with van der Waals surface area (Å²) >= 11 is 1.46. The van der Waals surface area contributed by atoms with Crippen LogP contribution in [0, 0.1) is 0 Å². The molecule has 5 nitrogen and oxygen atoms in total. The Hall–Kier alpha value is -1.79. The standard InChI is InChI=1S/C13H16N4OS/c1-9(10-3-2-6-15-7-10)16-13(18)11-8-19-12(17-11)4-5-14/h2-3,6-9H,4-5,14H2,1H3,(H,16,18)/t9-/m1/s1. The zero-order valence-electron chi connectivity index (χ0n) is 10.7. The number of hydrogen-bond acceptors (Lipinski definition) is 5. The first-order valence-electron chi connectivity index (χ1n) is 6.06. The number of rotatable bonds is 5. The van der Waals surface area contributed by atoms with Gasteiger partial charge in [-0.15, -0.1) is 11.3 Å². The Balaban J connectivity index is 2.00. The maximum Gasteiger partial charge on any atom is 0.271 e. The van der Waals surface area contributed by atoms with Crippen molar-refractivity contribution < 1.29 is 4.79 Å². The first kappa shape index (κ1) is 13.6. The molecule has 0 aromatic carbocycles. The van der Waals surface area contributed by atoms with Gasteiger partial charge in [-0.2, -0.15) is 0 Å². The molecule has 2 rings (SSSR count). The van der Waals surface area contributed by atoms with Crippen LogP contribution in [0.5, 0.6) is 0 Å². The van der Waals surface area contributed by atoms with Crippen LogP contribution in [-0.2, 0) is 6.42 Å². The number of aromatic nitrogens is 2. The lowest BCUT2D eigenvalue weighted by Crippen LogP contribution is -2.27. The molecule has 19 heavy (non-hydrogen) atoms.